The topological polar surface area (TPSA) is 81.9 Å². The minimum Gasteiger partial charge on any atom is -0.478 e. The number of carboxylic acid groups (broad SMARTS) is 1. The first-order valence-electron chi connectivity index (χ1n) is 3.46. The lowest BCUT2D eigenvalue weighted by molar-refractivity contribution is 0.0697. The van der Waals surface area contributed by atoms with E-state index in [1.54, 1.807) is 24.5 Å². The van der Waals surface area contributed by atoms with Crippen LogP contribution in [-0.4, -0.2) is 16.6 Å². The molecule has 0 radical (unpaired) electrons. The van der Waals surface area contributed by atoms with Gasteiger partial charge in [-0.25, -0.2) is 4.79 Å². The summed E-state index contributed by atoms with van der Waals surface area (Å²) >= 11 is 0. The molecule has 0 unspecified atom stereocenters. The second kappa shape index (κ2) is 3.28. The molecule has 0 spiro atoms. The Morgan fingerprint density at radius 3 is 2.62 bits per heavy atom. The Hall–Kier alpha value is -1.81. The lowest BCUT2D eigenvalue weighted by Crippen LogP contribution is -1.94. The average Bonchev–Trinajstić information content (AvgIpc) is 2.49. The van der Waals surface area contributed by atoms with E-state index in [-0.39, 0.29) is 11.0 Å². The Morgan fingerprint density at radius 1 is 1.23 bits per heavy atom. The number of benzene rings is 1. The van der Waals surface area contributed by atoms with Gasteiger partial charge in [0, 0.05) is 10.8 Å². The van der Waals surface area contributed by atoms with Gasteiger partial charge in [-0.05, 0) is 12.1 Å². The Morgan fingerprint density at radius 2 is 1.92 bits per heavy atom. The molecule has 0 fully saturated rings. The summed E-state index contributed by atoms with van der Waals surface area (Å²) in [4.78, 5) is 10.5. The van der Waals surface area contributed by atoms with Gasteiger partial charge in [-0.1, -0.05) is 6.07 Å². The van der Waals surface area contributed by atoms with E-state index < -0.39 is 5.97 Å². The zero-order valence-corrected chi connectivity index (χ0v) is 6.65. The molecule has 0 aliphatic carbocycles. The summed E-state index contributed by atoms with van der Waals surface area (Å²) in [5, 5.41) is 10.4. The first kappa shape index (κ1) is 9.28. The first-order valence-corrected chi connectivity index (χ1v) is 3.46. The van der Waals surface area contributed by atoms with Gasteiger partial charge in [0.25, 0.3) is 0 Å². The third-order valence-corrected chi connectivity index (χ3v) is 1.72. The maximum Gasteiger partial charge on any atom is 0.335 e. The van der Waals surface area contributed by atoms with E-state index in [9.17, 15) is 4.79 Å². The lowest BCUT2D eigenvalue weighted by atomic mass is 10.1. The van der Waals surface area contributed by atoms with Crippen LogP contribution in [0.3, 0.4) is 0 Å². The van der Waals surface area contributed by atoms with E-state index in [0.29, 0.717) is 0 Å². The minimum atomic E-state index is -0.918. The van der Waals surface area contributed by atoms with Crippen molar-refractivity contribution < 1.29 is 19.8 Å². The first-order chi connectivity index (χ1) is 5.77. The third kappa shape index (κ3) is 1.52. The SMILES string of the molecule is O.O=C(O)c1ccc2cocc2c1. The Balaban J connectivity index is 0.000000845. The van der Waals surface area contributed by atoms with E-state index in [2.05, 4.69) is 0 Å². The molecule has 2 aromatic rings. The number of carbonyl (C=O) groups is 1. The van der Waals surface area contributed by atoms with Gasteiger partial charge in [-0.2, -0.15) is 0 Å². The van der Waals surface area contributed by atoms with Crippen LogP contribution in [0.5, 0.6) is 0 Å². The molecule has 0 saturated carbocycles. The zero-order valence-electron chi connectivity index (χ0n) is 6.65. The van der Waals surface area contributed by atoms with Gasteiger partial charge < -0.3 is 15.0 Å². The molecule has 1 heterocycles. The average molecular weight is 180 g/mol. The van der Waals surface area contributed by atoms with Crippen molar-refractivity contribution in [2.45, 2.75) is 0 Å². The van der Waals surface area contributed by atoms with Crippen molar-refractivity contribution in [3.63, 3.8) is 0 Å². The van der Waals surface area contributed by atoms with Crippen LogP contribution in [0.4, 0.5) is 0 Å². The number of hydrogen-bond acceptors (Lipinski definition) is 2. The van der Waals surface area contributed by atoms with Crippen LogP contribution in [0.25, 0.3) is 10.8 Å². The molecule has 13 heavy (non-hydrogen) atoms. The van der Waals surface area contributed by atoms with E-state index >= 15 is 0 Å². The van der Waals surface area contributed by atoms with Crippen LogP contribution in [0.1, 0.15) is 10.4 Å². The number of furan rings is 1. The van der Waals surface area contributed by atoms with Crippen molar-refractivity contribution in [2.75, 3.05) is 0 Å². The molecule has 1 aromatic heterocycles. The molecule has 0 aliphatic heterocycles. The number of carboxylic acids is 1. The van der Waals surface area contributed by atoms with Gasteiger partial charge in [-0.15, -0.1) is 0 Å². The Kier molecular flexibility index (Phi) is 2.34. The fourth-order valence-electron chi connectivity index (χ4n) is 1.10. The zero-order chi connectivity index (χ0) is 8.55. The van der Waals surface area contributed by atoms with Crippen molar-refractivity contribution in [3.05, 3.63) is 36.3 Å². The summed E-state index contributed by atoms with van der Waals surface area (Å²) in [5.74, 6) is -0.918. The van der Waals surface area contributed by atoms with Gasteiger partial charge in [0.2, 0.25) is 0 Å². The highest BCUT2D eigenvalue weighted by atomic mass is 16.4. The van der Waals surface area contributed by atoms with Gasteiger partial charge >= 0.3 is 5.97 Å². The van der Waals surface area contributed by atoms with E-state index in [4.69, 9.17) is 9.52 Å². The van der Waals surface area contributed by atoms with Crippen LogP contribution in [-0.2, 0) is 0 Å². The van der Waals surface area contributed by atoms with E-state index in [1.165, 1.54) is 6.26 Å². The molecular formula is C9H8O4. The summed E-state index contributed by atoms with van der Waals surface area (Å²) in [6.07, 6.45) is 3.11. The van der Waals surface area contributed by atoms with Gasteiger partial charge in [0.1, 0.15) is 0 Å². The normalized spacial score (nSPS) is 9.54. The summed E-state index contributed by atoms with van der Waals surface area (Å²) in [7, 11) is 0. The smallest absolute Gasteiger partial charge is 0.335 e. The fourth-order valence-corrected chi connectivity index (χ4v) is 1.10. The highest BCUT2D eigenvalue weighted by molar-refractivity contribution is 5.93. The number of fused-ring (bicyclic) bond motifs is 1. The molecule has 0 saturated heterocycles. The highest BCUT2D eigenvalue weighted by Gasteiger charge is 2.03. The second-order valence-electron chi connectivity index (χ2n) is 2.52. The molecule has 0 atom stereocenters. The molecule has 4 heteroatoms. The second-order valence-corrected chi connectivity index (χ2v) is 2.52. The van der Waals surface area contributed by atoms with Crippen LogP contribution in [0, 0.1) is 0 Å². The number of aromatic carboxylic acids is 1. The van der Waals surface area contributed by atoms with Crippen LogP contribution in [0.15, 0.2) is 35.1 Å². The summed E-state index contributed by atoms with van der Waals surface area (Å²) in [5.41, 5.74) is 0.281. The van der Waals surface area contributed by atoms with E-state index in [0.717, 1.165) is 10.8 Å². The minimum absolute atomic E-state index is 0. The molecule has 2 rings (SSSR count). The molecule has 3 N–H and O–H groups in total. The predicted octanol–water partition coefficient (Wildman–Crippen LogP) is 1.31. The third-order valence-electron chi connectivity index (χ3n) is 1.72. The monoisotopic (exact) mass is 180 g/mol. The van der Waals surface area contributed by atoms with Crippen molar-refractivity contribution in [1.29, 1.82) is 0 Å². The van der Waals surface area contributed by atoms with Crippen molar-refractivity contribution in [2.24, 2.45) is 0 Å². The molecule has 0 bridgehead atoms. The van der Waals surface area contributed by atoms with E-state index in [1.807, 2.05) is 0 Å². The van der Waals surface area contributed by atoms with Crippen LogP contribution < -0.4 is 0 Å². The van der Waals surface area contributed by atoms with Crippen molar-refractivity contribution in [1.82, 2.24) is 0 Å². The molecule has 4 nitrogen and oxygen atoms in total. The van der Waals surface area contributed by atoms with Crippen molar-refractivity contribution in [3.8, 4) is 0 Å². The Labute approximate surface area is 73.7 Å². The summed E-state index contributed by atoms with van der Waals surface area (Å²) in [6.45, 7) is 0. The maximum atomic E-state index is 10.5. The summed E-state index contributed by atoms with van der Waals surface area (Å²) < 4.78 is 4.91. The number of rotatable bonds is 1. The molecule has 68 valence electrons. The lowest BCUT2D eigenvalue weighted by Gasteiger charge is -1.92. The highest BCUT2D eigenvalue weighted by Crippen LogP contribution is 2.16. The van der Waals surface area contributed by atoms with Gasteiger partial charge in [0.05, 0.1) is 18.1 Å². The molecule has 0 aliphatic rings. The van der Waals surface area contributed by atoms with Crippen LogP contribution >= 0.6 is 0 Å². The molecule has 0 amide bonds. The quantitative estimate of drug-likeness (QED) is 0.718. The predicted molar refractivity (Wildman–Crippen MR) is 46.8 cm³/mol. The van der Waals surface area contributed by atoms with Crippen molar-refractivity contribution >= 4 is 16.7 Å². The Bertz CT molecular complexity index is 430. The van der Waals surface area contributed by atoms with Gasteiger partial charge in [0.15, 0.2) is 0 Å². The van der Waals surface area contributed by atoms with Gasteiger partial charge in [-0.3, -0.25) is 0 Å². The standard InChI is InChI=1S/C9H6O3.H2O/c10-9(11)6-1-2-7-4-12-5-8(7)3-6;/h1-5H,(H,10,11);1H2. The molecular weight excluding hydrogens is 172 g/mol. The summed E-state index contributed by atoms with van der Waals surface area (Å²) in [6, 6.07) is 4.86. The largest absolute Gasteiger partial charge is 0.478 e. The maximum absolute atomic E-state index is 10.5. The fraction of sp³-hybridized carbons (Fsp3) is 0. The number of hydrogen-bond donors (Lipinski definition) is 1. The van der Waals surface area contributed by atoms with Crippen LogP contribution in [0.2, 0.25) is 0 Å². The molecule has 1 aromatic carbocycles.